The van der Waals surface area contributed by atoms with Crippen molar-refractivity contribution in [1.29, 1.82) is 0 Å². The Morgan fingerprint density at radius 3 is 2.73 bits per heavy atom. The van der Waals surface area contributed by atoms with Gasteiger partial charge in [-0.1, -0.05) is 0 Å². The molecule has 0 spiro atoms. The van der Waals surface area contributed by atoms with Gasteiger partial charge in [0.25, 0.3) is 0 Å². The van der Waals surface area contributed by atoms with Crippen LogP contribution in [0.2, 0.25) is 0 Å². The van der Waals surface area contributed by atoms with Crippen LogP contribution in [0.25, 0.3) is 0 Å². The summed E-state index contributed by atoms with van der Waals surface area (Å²) in [6.45, 7) is 1.28. The maximum absolute atomic E-state index is 10.2. The zero-order valence-electron chi connectivity index (χ0n) is 8.69. The summed E-state index contributed by atoms with van der Waals surface area (Å²) in [6, 6.07) is 0. The second-order valence-corrected chi connectivity index (χ2v) is 4.37. The molecule has 0 radical (unpaired) electrons. The number of thioether (sulfide) groups is 1. The molecule has 0 heterocycles. The first kappa shape index (κ1) is 14.7. The van der Waals surface area contributed by atoms with E-state index in [9.17, 15) is 9.90 Å². The average molecular weight is 237 g/mol. The minimum atomic E-state index is -0.985. The van der Waals surface area contributed by atoms with E-state index in [1.54, 1.807) is 11.8 Å². The van der Waals surface area contributed by atoms with Crippen LogP contribution in [-0.2, 0) is 4.79 Å². The van der Waals surface area contributed by atoms with Gasteiger partial charge in [0.2, 0.25) is 0 Å². The number of aliphatic carboxylic acids is 1. The van der Waals surface area contributed by atoms with Gasteiger partial charge in [0.05, 0.1) is 12.5 Å². The molecule has 0 saturated carbocycles. The Bertz CT molecular complexity index is 168. The molecule has 0 rings (SSSR count). The maximum atomic E-state index is 10.2. The van der Waals surface area contributed by atoms with Crippen molar-refractivity contribution in [3.63, 3.8) is 0 Å². The van der Waals surface area contributed by atoms with Crippen LogP contribution in [0.4, 0.5) is 0 Å². The molecule has 0 aromatic heterocycles. The third-order valence-electron chi connectivity index (χ3n) is 1.66. The number of aliphatic hydroxyl groups is 2. The Kier molecular flexibility index (Phi) is 10.0. The highest BCUT2D eigenvalue weighted by Crippen LogP contribution is 2.00. The fraction of sp³-hybridized carbons (Fsp3) is 0.889. The molecular weight excluding hydrogens is 218 g/mol. The summed E-state index contributed by atoms with van der Waals surface area (Å²) < 4.78 is 0. The first-order chi connectivity index (χ1) is 7.16. The van der Waals surface area contributed by atoms with Crippen molar-refractivity contribution in [3.05, 3.63) is 0 Å². The van der Waals surface area contributed by atoms with Gasteiger partial charge in [0.15, 0.2) is 0 Å². The van der Waals surface area contributed by atoms with E-state index in [4.69, 9.17) is 10.2 Å². The van der Waals surface area contributed by atoms with E-state index in [1.165, 1.54) is 0 Å². The number of nitrogens with one attached hydrogen (secondary N) is 1. The molecule has 0 amide bonds. The Hall–Kier alpha value is -0.300. The molecule has 1 unspecified atom stereocenters. The molecule has 0 aliphatic rings. The van der Waals surface area contributed by atoms with E-state index in [0.29, 0.717) is 6.54 Å². The minimum absolute atomic E-state index is 0.218. The van der Waals surface area contributed by atoms with Gasteiger partial charge in [-0.25, -0.2) is 0 Å². The smallest absolute Gasteiger partial charge is 0.306 e. The number of hydrogen-bond acceptors (Lipinski definition) is 5. The van der Waals surface area contributed by atoms with Crippen molar-refractivity contribution in [3.8, 4) is 0 Å². The molecule has 0 fully saturated rings. The van der Waals surface area contributed by atoms with Gasteiger partial charge in [-0.2, -0.15) is 11.8 Å². The van der Waals surface area contributed by atoms with Gasteiger partial charge in [-0.3, -0.25) is 4.79 Å². The third kappa shape index (κ3) is 11.6. The fourth-order valence-corrected chi connectivity index (χ4v) is 1.78. The van der Waals surface area contributed by atoms with Crippen molar-refractivity contribution in [2.75, 3.05) is 31.2 Å². The molecule has 0 aliphatic carbocycles. The lowest BCUT2D eigenvalue weighted by Gasteiger charge is -2.08. The van der Waals surface area contributed by atoms with Crippen LogP contribution >= 0.6 is 11.8 Å². The molecule has 0 aromatic rings. The standard InChI is InChI=1S/C9H19NO4S/c11-3-1-4-15-5-2-10-7-8(12)6-9(13)14/h8,10-12H,1-7H2,(H,13,14). The van der Waals surface area contributed by atoms with Crippen LogP contribution in [0.1, 0.15) is 12.8 Å². The fourth-order valence-electron chi connectivity index (χ4n) is 0.955. The normalized spacial score (nSPS) is 12.7. The largest absolute Gasteiger partial charge is 0.481 e. The molecule has 0 aliphatic heterocycles. The summed E-state index contributed by atoms with van der Waals surface area (Å²) >= 11 is 1.72. The van der Waals surface area contributed by atoms with E-state index < -0.39 is 12.1 Å². The third-order valence-corrected chi connectivity index (χ3v) is 2.73. The summed E-state index contributed by atoms with van der Waals surface area (Å²) in [7, 11) is 0. The lowest BCUT2D eigenvalue weighted by atomic mass is 10.2. The molecule has 1 atom stereocenters. The summed E-state index contributed by atoms with van der Waals surface area (Å²) in [4.78, 5) is 10.2. The molecule has 6 heteroatoms. The van der Waals surface area contributed by atoms with Gasteiger partial charge in [0, 0.05) is 25.4 Å². The second kappa shape index (κ2) is 10.2. The van der Waals surface area contributed by atoms with Gasteiger partial charge in [-0.05, 0) is 12.2 Å². The number of rotatable bonds is 10. The van der Waals surface area contributed by atoms with E-state index >= 15 is 0 Å². The minimum Gasteiger partial charge on any atom is -0.481 e. The van der Waals surface area contributed by atoms with E-state index in [-0.39, 0.29) is 13.0 Å². The molecule has 15 heavy (non-hydrogen) atoms. The molecular formula is C9H19NO4S. The lowest BCUT2D eigenvalue weighted by molar-refractivity contribution is -0.139. The molecule has 0 aromatic carbocycles. The number of carboxylic acid groups (broad SMARTS) is 1. The van der Waals surface area contributed by atoms with Crippen LogP contribution in [0, 0.1) is 0 Å². The zero-order chi connectivity index (χ0) is 11.5. The SMILES string of the molecule is O=C(O)CC(O)CNCCSCCCO. The molecule has 0 bridgehead atoms. The monoisotopic (exact) mass is 237 g/mol. The van der Waals surface area contributed by atoms with Gasteiger partial charge in [-0.15, -0.1) is 0 Å². The summed E-state index contributed by atoms with van der Waals surface area (Å²) in [5.74, 6) is 0.844. The quantitative estimate of drug-likeness (QED) is 0.384. The highest BCUT2D eigenvalue weighted by atomic mass is 32.2. The predicted octanol–water partition coefficient (Wildman–Crippen LogP) is -0.473. The van der Waals surface area contributed by atoms with E-state index in [2.05, 4.69) is 5.32 Å². The van der Waals surface area contributed by atoms with Crippen molar-refractivity contribution >= 4 is 17.7 Å². The van der Waals surface area contributed by atoms with Crippen LogP contribution in [0.3, 0.4) is 0 Å². The van der Waals surface area contributed by atoms with Crippen LogP contribution in [-0.4, -0.2) is 58.6 Å². The zero-order valence-corrected chi connectivity index (χ0v) is 9.50. The Labute approximate surface area is 93.9 Å². The Morgan fingerprint density at radius 2 is 2.13 bits per heavy atom. The molecule has 4 N–H and O–H groups in total. The topological polar surface area (TPSA) is 89.8 Å². The maximum Gasteiger partial charge on any atom is 0.306 e. The first-order valence-electron chi connectivity index (χ1n) is 4.96. The second-order valence-electron chi connectivity index (χ2n) is 3.15. The van der Waals surface area contributed by atoms with Gasteiger partial charge in [0.1, 0.15) is 0 Å². The van der Waals surface area contributed by atoms with E-state index in [1.807, 2.05) is 0 Å². The summed E-state index contributed by atoms with van der Waals surface area (Å²) in [6.07, 6.45) is -0.235. The van der Waals surface area contributed by atoms with Gasteiger partial charge < -0.3 is 20.6 Å². The highest BCUT2D eigenvalue weighted by Gasteiger charge is 2.07. The van der Waals surface area contributed by atoms with Crippen LogP contribution in [0.15, 0.2) is 0 Å². The lowest BCUT2D eigenvalue weighted by Crippen LogP contribution is -2.30. The predicted molar refractivity (Wildman–Crippen MR) is 60.2 cm³/mol. The number of hydrogen-bond donors (Lipinski definition) is 4. The number of carboxylic acids is 1. The van der Waals surface area contributed by atoms with Gasteiger partial charge >= 0.3 is 5.97 Å². The number of carbonyl (C=O) groups is 1. The molecule has 90 valence electrons. The average Bonchev–Trinajstić information content (AvgIpc) is 2.15. The molecule has 5 nitrogen and oxygen atoms in total. The number of aliphatic hydroxyl groups excluding tert-OH is 2. The van der Waals surface area contributed by atoms with Crippen LogP contribution < -0.4 is 5.32 Å². The van der Waals surface area contributed by atoms with Crippen molar-refractivity contribution in [2.24, 2.45) is 0 Å². The van der Waals surface area contributed by atoms with Crippen molar-refractivity contribution in [1.82, 2.24) is 5.32 Å². The van der Waals surface area contributed by atoms with E-state index in [0.717, 1.165) is 24.5 Å². The first-order valence-corrected chi connectivity index (χ1v) is 6.11. The Morgan fingerprint density at radius 1 is 1.40 bits per heavy atom. The molecule has 0 saturated heterocycles. The van der Waals surface area contributed by atoms with Crippen molar-refractivity contribution in [2.45, 2.75) is 18.9 Å². The summed E-state index contributed by atoms with van der Waals surface area (Å²) in [5, 5.41) is 29.0. The van der Waals surface area contributed by atoms with Crippen LogP contribution in [0.5, 0.6) is 0 Å². The van der Waals surface area contributed by atoms with Crippen molar-refractivity contribution < 1.29 is 20.1 Å². The Balaban J connectivity index is 3.13. The summed E-state index contributed by atoms with van der Waals surface area (Å²) in [5.41, 5.74) is 0. The highest BCUT2D eigenvalue weighted by molar-refractivity contribution is 7.99.